The van der Waals surface area contributed by atoms with E-state index >= 15 is 0 Å². The average Bonchev–Trinajstić information content (AvgIpc) is 2.36. The van der Waals surface area contributed by atoms with E-state index in [1.54, 1.807) is 0 Å². The van der Waals surface area contributed by atoms with Crippen LogP contribution in [-0.2, 0) is 4.74 Å². The fourth-order valence-electron chi connectivity index (χ4n) is 1.43. The number of pyridine rings is 1. The SMILES string of the molecule is CC(C)OCCCCNC(=O)c1cc(F)cnc1Cl. The molecule has 0 aliphatic rings. The number of carbonyl (C=O) groups is 1. The molecule has 0 saturated heterocycles. The lowest BCUT2D eigenvalue weighted by Crippen LogP contribution is -2.25. The van der Waals surface area contributed by atoms with Gasteiger partial charge >= 0.3 is 0 Å². The quantitative estimate of drug-likeness (QED) is 0.620. The van der Waals surface area contributed by atoms with E-state index in [0.717, 1.165) is 25.1 Å². The highest BCUT2D eigenvalue weighted by Gasteiger charge is 2.11. The molecule has 6 heteroatoms. The van der Waals surface area contributed by atoms with E-state index in [1.807, 2.05) is 13.8 Å². The van der Waals surface area contributed by atoms with E-state index in [0.29, 0.717) is 13.2 Å². The number of rotatable bonds is 7. The Balaban J connectivity index is 2.29. The molecule has 0 aromatic carbocycles. The molecular weight excluding hydrogens is 271 g/mol. The number of carbonyl (C=O) groups excluding carboxylic acids is 1. The maximum atomic E-state index is 13.0. The van der Waals surface area contributed by atoms with Crippen molar-refractivity contribution in [1.29, 1.82) is 0 Å². The van der Waals surface area contributed by atoms with Crippen LogP contribution in [0.2, 0.25) is 5.15 Å². The third-order valence-corrected chi connectivity index (χ3v) is 2.66. The van der Waals surface area contributed by atoms with Gasteiger partial charge < -0.3 is 10.1 Å². The Morgan fingerprint density at radius 3 is 2.95 bits per heavy atom. The van der Waals surface area contributed by atoms with E-state index < -0.39 is 11.7 Å². The van der Waals surface area contributed by atoms with E-state index in [2.05, 4.69) is 10.3 Å². The van der Waals surface area contributed by atoms with Crippen molar-refractivity contribution in [2.45, 2.75) is 32.8 Å². The van der Waals surface area contributed by atoms with Crippen LogP contribution >= 0.6 is 11.6 Å². The molecule has 4 nitrogen and oxygen atoms in total. The summed E-state index contributed by atoms with van der Waals surface area (Å²) >= 11 is 5.73. The second kappa shape index (κ2) is 8.07. The molecule has 0 atom stereocenters. The maximum Gasteiger partial charge on any atom is 0.254 e. The molecule has 0 fully saturated rings. The van der Waals surface area contributed by atoms with Crippen LogP contribution in [0.4, 0.5) is 4.39 Å². The molecule has 0 unspecified atom stereocenters. The summed E-state index contributed by atoms with van der Waals surface area (Å²) in [5.74, 6) is -0.998. The topological polar surface area (TPSA) is 51.2 Å². The molecule has 0 radical (unpaired) electrons. The van der Waals surface area contributed by atoms with Crippen LogP contribution in [0, 0.1) is 5.82 Å². The fraction of sp³-hybridized carbons (Fsp3) is 0.538. The van der Waals surface area contributed by atoms with Gasteiger partial charge in [-0.1, -0.05) is 11.6 Å². The zero-order valence-electron chi connectivity index (χ0n) is 11.1. The summed E-state index contributed by atoms with van der Waals surface area (Å²) in [5, 5.41) is 2.67. The van der Waals surface area contributed by atoms with Crippen molar-refractivity contribution in [3.05, 3.63) is 28.8 Å². The standard InChI is InChI=1S/C13H18ClFN2O2/c1-9(2)19-6-4-3-5-16-13(18)11-7-10(15)8-17-12(11)14/h7-9H,3-6H2,1-2H3,(H,16,18). The molecular formula is C13H18ClFN2O2. The van der Waals surface area contributed by atoms with Crippen LogP contribution in [0.15, 0.2) is 12.3 Å². The summed E-state index contributed by atoms with van der Waals surface area (Å²) in [7, 11) is 0. The van der Waals surface area contributed by atoms with Crippen LogP contribution < -0.4 is 5.32 Å². The fourth-order valence-corrected chi connectivity index (χ4v) is 1.61. The van der Waals surface area contributed by atoms with Crippen molar-refractivity contribution >= 4 is 17.5 Å². The van der Waals surface area contributed by atoms with Gasteiger partial charge in [-0.05, 0) is 32.8 Å². The van der Waals surface area contributed by atoms with Gasteiger partial charge in [0.05, 0.1) is 17.9 Å². The monoisotopic (exact) mass is 288 g/mol. The minimum Gasteiger partial charge on any atom is -0.379 e. The number of nitrogens with zero attached hydrogens (tertiary/aromatic N) is 1. The number of hydrogen-bond donors (Lipinski definition) is 1. The van der Waals surface area contributed by atoms with Gasteiger partial charge in [-0.2, -0.15) is 0 Å². The Labute approximate surface area is 117 Å². The zero-order chi connectivity index (χ0) is 14.3. The first kappa shape index (κ1) is 15.9. The molecule has 0 bridgehead atoms. The Morgan fingerprint density at radius 2 is 2.26 bits per heavy atom. The first-order valence-corrected chi connectivity index (χ1v) is 6.59. The van der Waals surface area contributed by atoms with Gasteiger partial charge in [0.15, 0.2) is 0 Å². The predicted molar refractivity (Wildman–Crippen MR) is 71.9 cm³/mol. The van der Waals surface area contributed by atoms with Crippen molar-refractivity contribution < 1.29 is 13.9 Å². The molecule has 0 spiro atoms. The summed E-state index contributed by atoms with van der Waals surface area (Å²) in [6.07, 6.45) is 2.83. The summed E-state index contributed by atoms with van der Waals surface area (Å²) in [4.78, 5) is 15.3. The normalized spacial score (nSPS) is 10.8. The van der Waals surface area contributed by atoms with Crippen molar-refractivity contribution in [3.8, 4) is 0 Å². The number of unbranched alkanes of at least 4 members (excludes halogenated alkanes) is 1. The predicted octanol–water partition coefficient (Wildman–Crippen LogP) is 2.81. The van der Waals surface area contributed by atoms with Gasteiger partial charge in [-0.3, -0.25) is 4.79 Å². The van der Waals surface area contributed by atoms with Gasteiger partial charge in [-0.15, -0.1) is 0 Å². The summed E-state index contributed by atoms with van der Waals surface area (Å²) in [6, 6.07) is 1.08. The average molecular weight is 289 g/mol. The maximum absolute atomic E-state index is 13.0. The zero-order valence-corrected chi connectivity index (χ0v) is 11.8. The van der Waals surface area contributed by atoms with Crippen molar-refractivity contribution in [1.82, 2.24) is 10.3 Å². The molecule has 1 aromatic heterocycles. The van der Waals surface area contributed by atoms with E-state index in [4.69, 9.17) is 16.3 Å². The Kier molecular flexibility index (Phi) is 6.73. The van der Waals surface area contributed by atoms with Crippen LogP contribution in [0.1, 0.15) is 37.0 Å². The van der Waals surface area contributed by atoms with Gasteiger partial charge in [0.1, 0.15) is 11.0 Å². The lowest BCUT2D eigenvalue weighted by Gasteiger charge is -2.08. The Hall–Kier alpha value is -1.20. The molecule has 1 N–H and O–H groups in total. The number of aromatic nitrogens is 1. The smallest absolute Gasteiger partial charge is 0.254 e. The molecule has 0 aliphatic heterocycles. The van der Waals surface area contributed by atoms with E-state index in [1.165, 1.54) is 0 Å². The van der Waals surface area contributed by atoms with Crippen molar-refractivity contribution in [3.63, 3.8) is 0 Å². The molecule has 0 saturated carbocycles. The minimum atomic E-state index is -0.583. The Bertz CT molecular complexity index is 427. The van der Waals surface area contributed by atoms with E-state index in [-0.39, 0.29) is 16.8 Å². The molecule has 1 aromatic rings. The van der Waals surface area contributed by atoms with Crippen LogP contribution in [-0.4, -0.2) is 30.1 Å². The molecule has 19 heavy (non-hydrogen) atoms. The second-order valence-electron chi connectivity index (χ2n) is 4.37. The first-order chi connectivity index (χ1) is 9.00. The van der Waals surface area contributed by atoms with Crippen LogP contribution in [0.25, 0.3) is 0 Å². The molecule has 1 heterocycles. The molecule has 1 amide bonds. The van der Waals surface area contributed by atoms with Gasteiger partial charge in [-0.25, -0.2) is 9.37 Å². The second-order valence-corrected chi connectivity index (χ2v) is 4.73. The highest BCUT2D eigenvalue weighted by Crippen LogP contribution is 2.13. The third kappa shape index (κ3) is 5.98. The largest absolute Gasteiger partial charge is 0.379 e. The Morgan fingerprint density at radius 1 is 1.53 bits per heavy atom. The number of ether oxygens (including phenoxy) is 1. The molecule has 1 rings (SSSR count). The number of halogens is 2. The molecule has 106 valence electrons. The van der Waals surface area contributed by atoms with Crippen LogP contribution in [0.5, 0.6) is 0 Å². The minimum absolute atomic E-state index is 0.00189. The first-order valence-electron chi connectivity index (χ1n) is 6.21. The van der Waals surface area contributed by atoms with Crippen molar-refractivity contribution in [2.75, 3.05) is 13.2 Å². The molecule has 0 aliphatic carbocycles. The van der Waals surface area contributed by atoms with Crippen molar-refractivity contribution in [2.24, 2.45) is 0 Å². The highest BCUT2D eigenvalue weighted by atomic mass is 35.5. The summed E-state index contributed by atoms with van der Waals surface area (Å²) in [5.41, 5.74) is 0.0556. The third-order valence-electron chi connectivity index (χ3n) is 2.36. The van der Waals surface area contributed by atoms with Crippen LogP contribution in [0.3, 0.4) is 0 Å². The summed E-state index contributed by atoms with van der Waals surface area (Å²) in [6.45, 7) is 5.10. The lowest BCUT2D eigenvalue weighted by molar-refractivity contribution is 0.0754. The number of amides is 1. The van der Waals surface area contributed by atoms with Gasteiger partial charge in [0.25, 0.3) is 5.91 Å². The lowest BCUT2D eigenvalue weighted by atomic mass is 10.2. The number of hydrogen-bond acceptors (Lipinski definition) is 3. The number of nitrogens with one attached hydrogen (secondary N) is 1. The van der Waals surface area contributed by atoms with Gasteiger partial charge in [0.2, 0.25) is 0 Å². The van der Waals surface area contributed by atoms with Gasteiger partial charge in [0, 0.05) is 13.2 Å². The summed E-state index contributed by atoms with van der Waals surface area (Å²) < 4.78 is 18.3. The van der Waals surface area contributed by atoms with E-state index in [9.17, 15) is 9.18 Å². The highest BCUT2D eigenvalue weighted by molar-refractivity contribution is 6.32.